The van der Waals surface area contributed by atoms with Gasteiger partial charge in [-0.3, -0.25) is 9.98 Å². The van der Waals surface area contributed by atoms with E-state index in [1.54, 1.807) is 25.5 Å². The van der Waals surface area contributed by atoms with Crippen LogP contribution in [0.4, 0.5) is 0 Å². The van der Waals surface area contributed by atoms with E-state index in [0.717, 1.165) is 11.3 Å². The molecule has 0 fully saturated rings. The molecule has 2 nitrogen and oxygen atoms in total. The first-order valence-electron chi connectivity index (χ1n) is 4.79. The third-order valence-corrected chi connectivity index (χ3v) is 1.34. The summed E-state index contributed by atoms with van der Waals surface area (Å²) >= 11 is 0. The Balaban J connectivity index is 0.000000500. The van der Waals surface area contributed by atoms with Gasteiger partial charge in [0.25, 0.3) is 0 Å². The van der Waals surface area contributed by atoms with Crippen molar-refractivity contribution in [3.8, 4) is 0 Å². The van der Waals surface area contributed by atoms with Crippen molar-refractivity contribution in [1.29, 1.82) is 0 Å². The van der Waals surface area contributed by atoms with Gasteiger partial charge in [-0.05, 0) is 6.07 Å². The number of aromatic nitrogens is 1. The Kier molecular flexibility index (Phi) is 7.33. The van der Waals surface area contributed by atoms with Gasteiger partial charge in [-0.25, -0.2) is 0 Å². The fraction of sp³-hybridized carbons (Fsp3) is 0.333. The van der Waals surface area contributed by atoms with Gasteiger partial charge in [0.2, 0.25) is 0 Å². The molecule has 0 N–H and O–H groups in total. The van der Waals surface area contributed by atoms with Crippen LogP contribution in [0.1, 0.15) is 31.5 Å². The third kappa shape index (κ3) is 4.55. The van der Waals surface area contributed by atoms with Gasteiger partial charge >= 0.3 is 0 Å². The van der Waals surface area contributed by atoms with E-state index in [2.05, 4.69) is 30.4 Å². The van der Waals surface area contributed by atoms with Crippen molar-refractivity contribution in [3.63, 3.8) is 0 Å². The molecule has 0 aliphatic carbocycles. The van der Waals surface area contributed by atoms with Crippen LogP contribution < -0.4 is 0 Å². The fourth-order valence-corrected chi connectivity index (χ4v) is 0.833. The first-order valence-corrected chi connectivity index (χ1v) is 4.79. The molecule has 2 heteroatoms. The van der Waals surface area contributed by atoms with Crippen LogP contribution >= 0.6 is 0 Å². The highest BCUT2D eigenvalue weighted by Gasteiger charge is 1.93. The molecule has 0 spiro atoms. The number of nitrogens with zero attached hydrogens (tertiary/aromatic N) is 2. The first kappa shape index (κ1) is 12.6. The molecule has 0 radical (unpaired) electrons. The Labute approximate surface area is 86.4 Å². The lowest BCUT2D eigenvalue weighted by Crippen LogP contribution is -1.89. The molecule has 0 bridgehead atoms. The van der Waals surface area contributed by atoms with Crippen LogP contribution in [0.25, 0.3) is 6.08 Å². The van der Waals surface area contributed by atoms with E-state index >= 15 is 0 Å². The Morgan fingerprint density at radius 1 is 1.50 bits per heavy atom. The van der Waals surface area contributed by atoms with Gasteiger partial charge in [0.05, 0.1) is 5.69 Å². The minimum absolute atomic E-state index is 0.866. The molecule has 1 heterocycles. The van der Waals surface area contributed by atoms with E-state index in [4.69, 9.17) is 0 Å². The topological polar surface area (TPSA) is 25.2 Å². The number of rotatable bonds is 2. The second-order valence-corrected chi connectivity index (χ2v) is 2.78. The number of hydrogen-bond donors (Lipinski definition) is 0. The molecule has 0 atom stereocenters. The maximum Gasteiger partial charge on any atom is 0.0879 e. The van der Waals surface area contributed by atoms with Crippen molar-refractivity contribution in [2.24, 2.45) is 4.99 Å². The monoisotopic (exact) mass is 190 g/mol. The summed E-state index contributed by atoms with van der Waals surface area (Å²) in [4.78, 5) is 8.00. The van der Waals surface area contributed by atoms with Gasteiger partial charge in [0, 0.05) is 25.0 Å². The van der Waals surface area contributed by atoms with Crippen molar-refractivity contribution < 1.29 is 0 Å². The molecule has 0 saturated carbocycles. The number of aliphatic imine (C=N–C) groups is 1. The first-order chi connectivity index (χ1) is 6.79. The van der Waals surface area contributed by atoms with Gasteiger partial charge in [-0.1, -0.05) is 39.0 Å². The second kappa shape index (κ2) is 8.17. The smallest absolute Gasteiger partial charge is 0.0879 e. The standard InChI is InChI=1S/C9H10N2.C3H8/c1-3-8-5-4-6-11-9(8)7-10-2;1-3-2/h3-7H,1H2,2H3;3H2,1-2H3. The molecule has 1 aromatic rings. The summed E-state index contributed by atoms with van der Waals surface area (Å²) in [5.74, 6) is 0. The highest BCUT2D eigenvalue weighted by Crippen LogP contribution is 2.03. The van der Waals surface area contributed by atoms with E-state index in [9.17, 15) is 0 Å². The van der Waals surface area contributed by atoms with Crippen molar-refractivity contribution in [2.45, 2.75) is 20.3 Å². The largest absolute Gasteiger partial charge is 0.294 e. The SMILES string of the molecule is C=Cc1cccnc1C=NC.CCC. The summed E-state index contributed by atoms with van der Waals surface area (Å²) in [6.07, 6.45) is 6.48. The van der Waals surface area contributed by atoms with Crippen LogP contribution in [0.15, 0.2) is 29.9 Å². The van der Waals surface area contributed by atoms with Crippen LogP contribution in [-0.2, 0) is 0 Å². The summed E-state index contributed by atoms with van der Waals surface area (Å²) in [6.45, 7) is 7.92. The Hall–Kier alpha value is -1.44. The summed E-state index contributed by atoms with van der Waals surface area (Å²) < 4.78 is 0. The molecular formula is C12H18N2. The number of hydrogen-bond acceptors (Lipinski definition) is 2. The molecule has 0 unspecified atom stereocenters. The third-order valence-electron chi connectivity index (χ3n) is 1.34. The van der Waals surface area contributed by atoms with E-state index < -0.39 is 0 Å². The molecule has 14 heavy (non-hydrogen) atoms. The van der Waals surface area contributed by atoms with Crippen LogP contribution in [0.5, 0.6) is 0 Å². The van der Waals surface area contributed by atoms with Crippen LogP contribution in [0.3, 0.4) is 0 Å². The van der Waals surface area contributed by atoms with Gasteiger partial charge in [0.15, 0.2) is 0 Å². The minimum atomic E-state index is 0.866. The minimum Gasteiger partial charge on any atom is -0.294 e. The van der Waals surface area contributed by atoms with Gasteiger partial charge < -0.3 is 0 Å². The average molecular weight is 190 g/mol. The maximum absolute atomic E-state index is 4.12. The van der Waals surface area contributed by atoms with E-state index in [1.807, 2.05) is 12.1 Å². The van der Waals surface area contributed by atoms with Crippen LogP contribution in [0, 0.1) is 0 Å². The summed E-state index contributed by atoms with van der Waals surface area (Å²) in [6, 6.07) is 3.83. The summed E-state index contributed by atoms with van der Waals surface area (Å²) in [5.41, 5.74) is 1.88. The molecule has 0 aliphatic rings. The molecule has 0 amide bonds. The van der Waals surface area contributed by atoms with Crippen molar-refractivity contribution in [1.82, 2.24) is 4.98 Å². The van der Waals surface area contributed by atoms with E-state index in [0.29, 0.717) is 0 Å². The Bertz CT molecular complexity index is 290. The van der Waals surface area contributed by atoms with Crippen molar-refractivity contribution >= 4 is 12.3 Å². The molecule has 1 rings (SSSR count). The lowest BCUT2D eigenvalue weighted by molar-refractivity contribution is 1.09. The predicted octanol–water partition coefficient (Wildman–Crippen LogP) is 3.19. The van der Waals surface area contributed by atoms with Gasteiger partial charge in [0.1, 0.15) is 0 Å². The fourth-order valence-electron chi connectivity index (χ4n) is 0.833. The molecular weight excluding hydrogens is 172 g/mol. The lowest BCUT2D eigenvalue weighted by Gasteiger charge is -1.95. The zero-order valence-corrected chi connectivity index (χ0v) is 9.20. The predicted molar refractivity (Wildman–Crippen MR) is 63.8 cm³/mol. The summed E-state index contributed by atoms with van der Waals surface area (Å²) in [7, 11) is 1.72. The van der Waals surface area contributed by atoms with Gasteiger partial charge in [-0.2, -0.15) is 0 Å². The zero-order chi connectivity index (χ0) is 10.8. The maximum atomic E-state index is 4.12. The molecule has 0 aromatic carbocycles. The van der Waals surface area contributed by atoms with Crippen LogP contribution in [0.2, 0.25) is 0 Å². The normalized spacial score (nSPS) is 9.36. The number of pyridine rings is 1. The summed E-state index contributed by atoms with van der Waals surface area (Å²) in [5, 5.41) is 0. The zero-order valence-electron chi connectivity index (χ0n) is 9.20. The van der Waals surface area contributed by atoms with E-state index in [1.165, 1.54) is 6.42 Å². The molecule has 0 saturated heterocycles. The Morgan fingerprint density at radius 3 is 2.64 bits per heavy atom. The highest BCUT2D eigenvalue weighted by molar-refractivity contribution is 5.82. The quantitative estimate of drug-likeness (QED) is 0.657. The molecule has 1 aromatic heterocycles. The lowest BCUT2D eigenvalue weighted by atomic mass is 10.2. The van der Waals surface area contributed by atoms with Crippen LogP contribution in [-0.4, -0.2) is 18.2 Å². The average Bonchev–Trinajstić information content (AvgIpc) is 2.20. The molecule has 0 aliphatic heterocycles. The highest BCUT2D eigenvalue weighted by atomic mass is 14.7. The molecule has 76 valence electrons. The van der Waals surface area contributed by atoms with Crippen molar-refractivity contribution in [2.75, 3.05) is 7.05 Å². The van der Waals surface area contributed by atoms with Gasteiger partial charge in [-0.15, -0.1) is 0 Å². The van der Waals surface area contributed by atoms with Crippen molar-refractivity contribution in [3.05, 3.63) is 36.2 Å². The second-order valence-electron chi connectivity index (χ2n) is 2.78. The van der Waals surface area contributed by atoms with E-state index in [-0.39, 0.29) is 0 Å². The Morgan fingerprint density at radius 2 is 2.14 bits per heavy atom.